The van der Waals surface area contributed by atoms with Crippen LogP contribution >= 0.6 is 0 Å². The standard InChI is InChI=1S/C15H19N3/c1-2-3-5-12-8-10-13(11-9-12)17-15-7-4-6-14(16)18-15/h4,6-11H,2-3,5H2,1H3,(H3,16,17,18). The Kier molecular flexibility index (Phi) is 4.18. The van der Waals surface area contributed by atoms with Crippen LogP contribution in [0, 0.1) is 0 Å². The van der Waals surface area contributed by atoms with E-state index in [0.29, 0.717) is 5.82 Å². The third-order valence-corrected chi connectivity index (χ3v) is 2.82. The fourth-order valence-corrected chi connectivity index (χ4v) is 1.80. The first kappa shape index (κ1) is 12.4. The average molecular weight is 241 g/mol. The van der Waals surface area contributed by atoms with Crippen molar-refractivity contribution in [3.63, 3.8) is 0 Å². The molecule has 0 atom stereocenters. The van der Waals surface area contributed by atoms with Crippen molar-refractivity contribution in [2.75, 3.05) is 11.1 Å². The minimum atomic E-state index is 0.527. The zero-order valence-electron chi connectivity index (χ0n) is 10.7. The maximum atomic E-state index is 5.64. The molecule has 0 radical (unpaired) electrons. The molecule has 0 fully saturated rings. The molecule has 0 unspecified atom stereocenters. The molecule has 3 nitrogen and oxygen atoms in total. The van der Waals surface area contributed by atoms with Crippen molar-refractivity contribution < 1.29 is 0 Å². The third-order valence-electron chi connectivity index (χ3n) is 2.82. The van der Waals surface area contributed by atoms with Gasteiger partial charge in [-0.15, -0.1) is 0 Å². The molecule has 0 aliphatic heterocycles. The molecule has 2 rings (SSSR count). The second-order valence-corrected chi connectivity index (χ2v) is 4.37. The van der Waals surface area contributed by atoms with Crippen molar-refractivity contribution in [1.82, 2.24) is 4.98 Å². The lowest BCUT2D eigenvalue weighted by Gasteiger charge is -2.07. The summed E-state index contributed by atoms with van der Waals surface area (Å²) in [5.74, 6) is 1.30. The molecular weight excluding hydrogens is 222 g/mol. The summed E-state index contributed by atoms with van der Waals surface area (Å²) in [4.78, 5) is 4.21. The molecule has 3 N–H and O–H groups in total. The molecule has 2 aromatic rings. The molecule has 0 aliphatic rings. The van der Waals surface area contributed by atoms with Gasteiger partial charge in [-0.2, -0.15) is 0 Å². The van der Waals surface area contributed by atoms with Crippen molar-refractivity contribution in [1.29, 1.82) is 0 Å². The number of pyridine rings is 1. The van der Waals surface area contributed by atoms with E-state index in [4.69, 9.17) is 5.73 Å². The normalized spacial score (nSPS) is 10.3. The van der Waals surface area contributed by atoms with E-state index in [9.17, 15) is 0 Å². The molecule has 18 heavy (non-hydrogen) atoms. The molecule has 0 spiro atoms. The van der Waals surface area contributed by atoms with Crippen molar-refractivity contribution in [2.24, 2.45) is 0 Å². The topological polar surface area (TPSA) is 50.9 Å². The summed E-state index contributed by atoms with van der Waals surface area (Å²) in [5, 5.41) is 3.24. The Morgan fingerprint density at radius 3 is 2.56 bits per heavy atom. The van der Waals surface area contributed by atoms with E-state index in [1.807, 2.05) is 12.1 Å². The van der Waals surface area contributed by atoms with Gasteiger partial charge in [0.2, 0.25) is 0 Å². The highest BCUT2D eigenvalue weighted by Crippen LogP contribution is 2.16. The molecule has 1 aromatic heterocycles. The van der Waals surface area contributed by atoms with Crippen LogP contribution < -0.4 is 11.1 Å². The predicted molar refractivity (Wildman–Crippen MR) is 77.0 cm³/mol. The molecule has 94 valence electrons. The first-order chi connectivity index (χ1) is 8.78. The number of anilines is 3. The maximum absolute atomic E-state index is 5.64. The van der Waals surface area contributed by atoms with E-state index in [2.05, 4.69) is 41.5 Å². The number of benzene rings is 1. The van der Waals surface area contributed by atoms with Gasteiger partial charge in [0.1, 0.15) is 11.6 Å². The highest BCUT2D eigenvalue weighted by Gasteiger charge is 1.97. The number of hydrogen-bond acceptors (Lipinski definition) is 3. The monoisotopic (exact) mass is 241 g/mol. The first-order valence-corrected chi connectivity index (χ1v) is 6.36. The zero-order chi connectivity index (χ0) is 12.8. The number of rotatable bonds is 5. The number of nitrogens with one attached hydrogen (secondary N) is 1. The Bertz CT molecular complexity index is 491. The van der Waals surface area contributed by atoms with Gasteiger partial charge in [0, 0.05) is 5.69 Å². The zero-order valence-corrected chi connectivity index (χ0v) is 10.7. The summed E-state index contributed by atoms with van der Waals surface area (Å²) < 4.78 is 0. The van der Waals surface area contributed by atoms with Gasteiger partial charge in [-0.1, -0.05) is 31.5 Å². The number of nitrogen functional groups attached to an aromatic ring is 1. The number of unbranched alkanes of at least 4 members (excludes halogenated alkanes) is 1. The van der Waals surface area contributed by atoms with Crippen molar-refractivity contribution in [3.8, 4) is 0 Å². The van der Waals surface area contributed by atoms with Gasteiger partial charge in [-0.25, -0.2) is 4.98 Å². The Hall–Kier alpha value is -2.03. The SMILES string of the molecule is CCCCc1ccc(Nc2cccc(N)n2)cc1. The second-order valence-electron chi connectivity index (χ2n) is 4.37. The predicted octanol–water partition coefficient (Wildman–Crippen LogP) is 3.75. The quantitative estimate of drug-likeness (QED) is 0.838. The third kappa shape index (κ3) is 3.48. The molecule has 0 amide bonds. The van der Waals surface area contributed by atoms with Crippen LogP contribution in [0.1, 0.15) is 25.3 Å². The van der Waals surface area contributed by atoms with Crippen LogP contribution in [0.3, 0.4) is 0 Å². The average Bonchev–Trinajstić information content (AvgIpc) is 2.38. The highest BCUT2D eigenvalue weighted by atomic mass is 15.0. The van der Waals surface area contributed by atoms with Crippen molar-refractivity contribution >= 4 is 17.3 Å². The smallest absolute Gasteiger partial charge is 0.132 e. The fraction of sp³-hybridized carbons (Fsp3) is 0.267. The minimum absolute atomic E-state index is 0.527. The summed E-state index contributed by atoms with van der Waals surface area (Å²) in [6.45, 7) is 2.21. The number of aromatic nitrogens is 1. The molecule has 0 saturated carbocycles. The van der Waals surface area contributed by atoms with Gasteiger partial charge >= 0.3 is 0 Å². The van der Waals surface area contributed by atoms with Crippen LogP contribution in [0.4, 0.5) is 17.3 Å². The van der Waals surface area contributed by atoms with E-state index in [1.54, 1.807) is 6.07 Å². The number of nitrogens with zero attached hydrogens (tertiary/aromatic N) is 1. The van der Waals surface area contributed by atoms with E-state index in [1.165, 1.54) is 18.4 Å². The molecule has 3 heteroatoms. The van der Waals surface area contributed by atoms with Crippen molar-refractivity contribution in [3.05, 3.63) is 48.0 Å². The van der Waals surface area contributed by atoms with E-state index in [-0.39, 0.29) is 0 Å². The summed E-state index contributed by atoms with van der Waals surface area (Å²) in [5.41, 5.74) is 8.05. The molecule has 0 bridgehead atoms. The number of hydrogen-bond donors (Lipinski definition) is 2. The lowest BCUT2D eigenvalue weighted by atomic mass is 10.1. The van der Waals surface area contributed by atoms with Crippen LogP contribution in [0.25, 0.3) is 0 Å². The van der Waals surface area contributed by atoms with Gasteiger partial charge in [-0.05, 0) is 42.7 Å². The van der Waals surface area contributed by atoms with E-state index >= 15 is 0 Å². The van der Waals surface area contributed by atoms with Crippen LogP contribution in [0.15, 0.2) is 42.5 Å². The Balaban J connectivity index is 2.02. The summed E-state index contributed by atoms with van der Waals surface area (Å²) in [6.07, 6.45) is 3.62. The summed E-state index contributed by atoms with van der Waals surface area (Å²) in [7, 11) is 0. The number of aryl methyl sites for hydroxylation is 1. The van der Waals surface area contributed by atoms with Crippen LogP contribution in [0.2, 0.25) is 0 Å². The van der Waals surface area contributed by atoms with E-state index in [0.717, 1.165) is 17.9 Å². The van der Waals surface area contributed by atoms with Crippen LogP contribution in [-0.4, -0.2) is 4.98 Å². The Morgan fingerprint density at radius 1 is 1.11 bits per heavy atom. The highest BCUT2D eigenvalue weighted by molar-refractivity contribution is 5.57. The fourth-order valence-electron chi connectivity index (χ4n) is 1.80. The van der Waals surface area contributed by atoms with Gasteiger partial charge in [0.15, 0.2) is 0 Å². The number of nitrogens with two attached hydrogens (primary N) is 1. The van der Waals surface area contributed by atoms with Gasteiger partial charge < -0.3 is 11.1 Å². The second kappa shape index (κ2) is 6.05. The van der Waals surface area contributed by atoms with Gasteiger partial charge in [-0.3, -0.25) is 0 Å². The maximum Gasteiger partial charge on any atom is 0.132 e. The lowest BCUT2D eigenvalue weighted by molar-refractivity contribution is 0.795. The van der Waals surface area contributed by atoms with Crippen LogP contribution in [-0.2, 0) is 6.42 Å². The Labute approximate surface area is 108 Å². The molecule has 0 aliphatic carbocycles. The molecule has 1 aromatic carbocycles. The van der Waals surface area contributed by atoms with Gasteiger partial charge in [0.25, 0.3) is 0 Å². The lowest BCUT2D eigenvalue weighted by Crippen LogP contribution is -1.96. The molecule has 0 saturated heterocycles. The molecular formula is C15H19N3. The summed E-state index contributed by atoms with van der Waals surface area (Å²) >= 11 is 0. The summed E-state index contributed by atoms with van der Waals surface area (Å²) in [6, 6.07) is 14.0. The Morgan fingerprint density at radius 2 is 1.89 bits per heavy atom. The van der Waals surface area contributed by atoms with Crippen molar-refractivity contribution in [2.45, 2.75) is 26.2 Å². The molecule has 1 heterocycles. The largest absolute Gasteiger partial charge is 0.384 e. The first-order valence-electron chi connectivity index (χ1n) is 6.36. The van der Waals surface area contributed by atoms with Gasteiger partial charge in [0.05, 0.1) is 0 Å². The van der Waals surface area contributed by atoms with Crippen LogP contribution in [0.5, 0.6) is 0 Å². The minimum Gasteiger partial charge on any atom is -0.384 e. The van der Waals surface area contributed by atoms with E-state index < -0.39 is 0 Å².